The lowest BCUT2D eigenvalue weighted by molar-refractivity contribution is 0.356. The van der Waals surface area contributed by atoms with Gasteiger partial charge < -0.3 is 19.6 Å². The van der Waals surface area contributed by atoms with E-state index in [4.69, 9.17) is 19.6 Å². The van der Waals surface area contributed by atoms with Crippen LogP contribution in [0.15, 0.2) is 65.7 Å². The predicted molar refractivity (Wildman–Crippen MR) is 115 cm³/mol. The monoisotopic (exact) mass is 398 g/mol. The topological polar surface area (TPSA) is 96.3 Å². The molecular weight excluding hydrogens is 380 g/mol. The van der Waals surface area contributed by atoms with Crippen LogP contribution >= 0.6 is 0 Å². The van der Waals surface area contributed by atoms with E-state index in [1.165, 1.54) is 6.39 Å². The highest BCUT2D eigenvalue weighted by Gasteiger charge is 2.14. The molecule has 0 aliphatic carbocycles. The van der Waals surface area contributed by atoms with Crippen molar-refractivity contribution >= 4 is 27.5 Å². The molecule has 0 atom stereocenters. The van der Waals surface area contributed by atoms with Gasteiger partial charge in [-0.25, -0.2) is 9.97 Å². The summed E-state index contributed by atoms with van der Waals surface area (Å²) in [5.41, 5.74) is 9.68. The molecule has 5 rings (SSSR count). The summed E-state index contributed by atoms with van der Waals surface area (Å²) in [6, 6.07) is 13.7. The largest absolute Gasteiger partial charge is 0.493 e. The second kappa shape index (κ2) is 7.04. The van der Waals surface area contributed by atoms with Crippen LogP contribution in [0.3, 0.4) is 0 Å². The number of nitrogens with zero attached hydrogens (tertiary/aromatic N) is 3. The molecule has 0 saturated carbocycles. The zero-order valence-corrected chi connectivity index (χ0v) is 16.4. The van der Waals surface area contributed by atoms with Crippen molar-refractivity contribution in [3.63, 3.8) is 0 Å². The van der Waals surface area contributed by atoms with E-state index >= 15 is 0 Å². The maximum Gasteiger partial charge on any atom is 0.181 e. The van der Waals surface area contributed by atoms with E-state index < -0.39 is 0 Å². The van der Waals surface area contributed by atoms with E-state index in [1.807, 2.05) is 42.5 Å². The molecule has 0 saturated heterocycles. The van der Waals surface area contributed by atoms with Gasteiger partial charge >= 0.3 is 0 Å². The molecule has 30 heavy (non-hydrogen) atoms. The lowest BCUT2D eigenvalue weighted by Gasteiger charge is -2.12. The number of hydrogen-bond donors (Lipinski definition) is 1. The van der Waals surface area contributed by atoms with E-state index in [0.717, 1.165) is 38.5 Å². The number of nitrogen functional groups attached to an aromatic ring is 1. The van der Waals surface area contributed by atoms with Crippen molar-refractivity contribution < 1.29 is 13.9 Å². The molecule has 0 unspecified atom stereocenters. The highest BCUT2D eigenvalue weighted by molar-refractivity contribution is 6.10. The number of hydrogen-bond acceptors (Lipinski definition) is 7. The first-order valence-corrected chi connectivity index (χ1v) is 9.28. The third-order valence-electron chi connectivity index (χ3n) is 5.09. The molecule has 2 aromatic carbocycles. The maximum absolute atomic E-state index is 6.31. The number of anilines is 1. The highest BCUT2D eigenvalue weighted by Crippen LogP contribution is 2.37. The van der Waals surface area contributed by atoms with Gasteiger partial charge in [0.2, 0.25) is 0 Å². The van der Waals surface area contributed by atoms with Crippen molar-refractivity contribution in [3.8, 4) is 34.1 Å². The Morgan fingerprint density at radius 3 is 2.43 bits per heavy atom. The number of pyridine rings is 2. The third kappa shape index (κ3) is 2.88. The quantitative estimate of drug-likeness (QED) is 0.438. The molecule has 3 heterocycles. The average Bonchev–Trinajstić information content (AvgIpc) is 3.33. The molecule has 7 nitrogen and oxygen atoms in total. The summed E-state index contributed by atoms with van der Waals surface area (Å²) in [6.07, 6.45) is 4.83. The fourth-order valence-electron chi connectivity index (χ4n) is 3.60. The number of oxazole rings is 1. The van der Waals surface area contributed by atoms with E-state index in [-0.39, 0.29) is 0 Å². The van der Waals surface area contributed by atoms with Gasteiger partial charge in [0, 0.05) is 34.2 Å². The molecule has 0 radical (unpaired) electrons. The summed E-state index contributed by atoms with van der Waals surface area (Å²) in [5.74, 6) is 2.36. The average molecular weight is 398 g/mol. The molecule has 7 heteroatoms. The van der Waals surface area contributed by atoms with Crippen LogP contribution in [0.2, 0.25) is 0 Å². The standard InChI is InChI=1S/C23H18N4O3/c1-28-20-8-16-15-7-18(13-4-3-5-14(6-13)22-11-25-12-30-22)27-23(24)17(15)10-26-19(16)9-21(20)29-2/h3-12H,1-2H3,(H2,24,27). The molecule has 0 spiro atoms. The Balaban J connectivity index is 1.74. The van der Waals surface area contributed by atoms with Crippen molar-refractivity contribution in [2.45, 2.75) is 0 Å². The molecule has 0 bridgehead atoms. The van der Waals surface area contributed by atoms with Crippen molar-refractivity contribution in [2.24, 2.45) is 0 Å². The summed E-state index contributed by atoms with van der Waals surface area (Å²) in [4.78, 5) is 13.1. The zero-order chi connectivity index (χ0) is 20.7. The summed E-state index contributed by atoms with van der Waals surface area (Å²) >= 11 is 0. The van der Waals surface area contributed by atoms with Crippen LogP contribution in [-0.4, -0.2) is 29.2 Å². The van der Waals surface area contributed by atoms with Gasteiger partial charge in [0.1, 0.15) is 5.82 Å². The van der Waals surface area contributed by atoms with E-state index in [1.54, 1.807) is 26.6 Å². The summed E-state index contributed by atoms with van der Waals surface area (Å²) < 4.78 is 16.3. The van der Waals surface area contributed by atoms with Crippen LogP contribution in [0.25, 0.3) is 44.3 Å². The fourth-order valence-corrected chi connectivity index (χ4v) is 3.60. The van der Waals surface area contributed by atoms with E-state index in [0.29, 0.717) is 23.1 Å². The van der Waals surface area contributed by atoms with Crippen molar-refractivity contribution in [2.75, 3.05) is 20.0 Å². The number of benzene rings is 2. The van der Waals surface area contributed by atoms with Gasteiger partial charge in [-0.15, -0.1) is 0 Å². The molecule has 5 aromatic rings. The number of aromatic nitrogens is 3. The highest BCUT2D eigenvalue weighted by atomic mass is 16.5. The van der Waals surface area contributed by atoms with Gasteiger partial charge in [-0.3, -0.25) is 4.98 Å². The molecule has 148 valence electrons. The smallest absolute Gasteiger partial charge is 0.181 e. The van der Waals surface area contributed by atoms with E-state index in [2.05, 4.69) is 15.0 Å². The number of methoxy groups -OCH3 is 2. The van der Waals surface area contributed by atoms with Crippen LogP contribution in [0.1, 0.15) is 0 Å². The minimum atomic E-state index is 0.414. The van der Waals surface area contributed by atoms with Gasteiger partial charge in [-0.2, -0.15) is 0 Å². The normalized spacial score (nSPS) is 11.1. The Kier molecular flexibility index (Phi) is 4.21. The second-order valence-corrected chi connectivity index (χ2v) is 6.78. The van der Waals surface area contributed by atoms with Crippen LogP contribution in [0.4, 0.5) is 5.82 Å². The summed E-state index contributed by atoms with van der Waals surface area (Å²) in [7, 11) is 3.21. The van der Waals surface area contributed by atoms with Gasteiger partial charge in [-0.1, -0.05) is 18.2 Å². The predicted octanol–water partition coefficient (Wildman–Crippen LogP) is 4.70. The molecule has 3 aromatic heterocycles. The first-order chi connectivity index (χ1) is 14.7. The van der Waals surface area contributed by atoms with Crippen molar-refractivity contribution in [1.82, 2.24) is 15.0 Å². The third-order valence-corrected chi connectivity index (χ3v) is 5.09. The van der Waals surface area contributed by atoms with Crippen LogP contribution in [0, 0.1) is 0 Å². The van der Waals surface area contributed by atoms with Gasteiger partial charge in [0.15, 0.2) is 23.7 Å². The molecule has 0 fully saturated rings. The second-order valence-electron chi connectivity index (χ2n) is 6.78. The number of fused-ring (bicyclic) bond motifs is 3. The zero-order valence-electron chi connectivity index (χ0n) is 16.4. The number of rotatable bonds is 4. The van der Waals surface area contributed by atoms with Crippen LogP contribution < -0.4 is 15.2 Å². The van der Waals surface area contributed by atoms with E-state index in [9.17, 15) is 0 Å². The van der Waals surface area contributed by atoms with Gasteiger partial charge in [0.25, 0.3) is 0 Å². The van der Waals surface area contributed by atoms with Gasteiger partial charge in [0.05, 0.1) is 31.6 Å². The first kappa shape index (κ1) is 17.9. The van der Waals surface area contributed by atoms with Crippen molar-refractivity contribution in [3.05, 3.63) is 61.3 Å². The molecule has 0 aliphatic heterocycles. The Labute approximate surface area is 172 Å². The van der Waals surface area contributed by atoms with Crippen LogP contribution in [-0.2, 0) is 0 Å². The van der Waals surface area contributed by atoms with Crippen LogP contribution in [0.5, 0.6) is 11.5 Å². The SMILES string of the molecule is COc1cc2ncc3c(N)nc(-c4cccc(-c5cnco5)c4)cc3c2cc1OC. The molecule has 0 aliphatic rings. The van der Waals surface area contributed by atoms with Gasteiger partial charge in [-0.05, 0) is 23.6 Å². The minimum Gasteiger partial charge on any atom is -0.493 e. The minimum absolute atomic E-state index is 0.414. The molecule has 0 amide bonds. The number of nitrogens with two attached hydrogens (primary N) is 1. The molecule has 2 N–H and O–H groups in total. The maximum atomic E-state index is 6.31. The Hall–Kier alpha value is -4.13. The molecular formula is C23H18N4O3. The Bertz CT molecular complexity index is 1380. The lowest BCUT2D eigenvalue weighted by atomic mass is 10.0. The summed E-state index contributed by atoms with van der Waals surface area (Å²) in [6.45, 7) is 0. The first-order valence-electron chi connectivity index (χ1n) is 9.28. The van der Waals surface area contributed by atoms with Crippen molar-refractivity contribution in [1.29, 1.82) is 0 Å². The number of ether oxygens (including phenoxy) is 2. The fraction of sp³-hybridized carbons (Fsp3) is 0.0870. The lowest BCUT2D eigenvalue weighted by Crippen LogP contribution is -1.97. The Morgan fingerprint density at radius 2 is 1.67 bits per heavy atom. The Morgan fingerprint density at radius 1 is 0.867 bits per heavy atom. The summed E-state index contributed by atoms with van der Waals surface area (Å²) in [5, 5.41) is 2.63.